The number of nitrogens with two attached hydrogens (primary N) is 1. The van der Waals surface area contributed by atoms with E-state index < -0.39 is 11.9 Å². The van der Waals surface area contributed by atoms with Gasteiger partial charge in [0, 0.05) is 0 Å². The number of carbonyl (C=O) groups is 3. The molecule has 1 aliphatic rings. The van der Waals surface area contributed by atoms with Gasteiger partial charge in [0.1, 0.15) is 11.5 Å². The Morgan fingerprint density at radius 2 is 1.64 bits per heavy atom. The van der Waals surface area contributed by atoms with Gasteiger partial charge in [-0.05, 0) is 36.4 Å². The fourth-order valence-electron chi connectivity index (χ4n) is 1.90. The van der Waals surface area contributed by atoms with Crippen molar-refractivity contribution in [2.75, 3.05) is 17.7 Å². The molecule has 9 heteroatoms. The predicted octanol–water partition coefficient (Wildman–Crippen LogP) is 1.39. The Kier molecular flexibility index (Phi) is 5.08. The molecular weight excluding hydrogens is 332 g/mol. The maximum absolute atomic E-state index is 10.9. The van der Waals surface area contributed by atoms with Crippen molar-refractivity contribution in [3.05, 3.63) is 47.5 Å². The summed E-state index contributed by atoms with van der Waals surface area (Å²) in [5.74, 6) is -1.98. The van der Waals surface area contributed by atoms with Gasteiger partial charge >= 0.3 is 11.9 Å². The van der Waals surface area contributed by atoms with Gasteiger partial charge in [0.25, 0.3) is 5.91 Å². The van der Waals surface area contributed by atoms with E-state index in [1.807, 2.05) is 0 Å². The summed E-state index contributed by atoms with van der Waals surface area (Å²) < 4.78 is 5.07. The number of rotatable bonds is 2. The van der Waals surface area contributed by atoms with Crippen LogP contribution in [0.3, 0.4) is 0 Å². The van der Waals surface area contributed by atoms with Crippen LogP contribution >= 0.6 is 0 Å². The number of hydrogen-bond acceptors (Lipinski definition) is 6. The number of anilines is 2. The van der Waals surface area contributed by atoms with Crippen molar-refractivity contribution in [2.45, 2.75) is 0 Å². The SMILES string of the molecule is Nc1cc(C(=O)O)ccc1O.O=C1COc2ccc(C(=O)O)cc2N1. The topological polar surface area (TPSA) is 159 Å². The average Bonchev–Trinajstić information content (AvgIpc) is 2.57. The van der Waals surface area contributed by atoms with Gasteiger partial charge in [-0.3, -0.25) is 4.79 Å². The molecule has 0 aliphatic carbocycles. The number of carboxylic acid groups (broad SMARTS) is 2. The highest BCUT2D eigenvalue weighted by Gasteiger charge is 2.17. The summed E-state index contributed by atoms with van der Waals surface area (Å²) in [4.78, 5) is 31.9. The third-order valence-electron chi connectivity index (χ3n) is 3.13. The van der Waals surface area contributed by atoms with Crippen molar-refractivity contribution in [3.63, 3.8) is 0 Å². The molecule has 0 fully saturated rings. The standard InChI is InChI=1S/C9H7NO4.C7H7NO3/c11-8-4-14-7-2-1-5(9(12)13)3-6(7)10-8;8-5-3-4(7(10)11)1-2-6(5)9/h1-3H,4H2,(H,10,11)(H,12,13);1-3,9H,8H2,(H,10,11). The molecule has 0 atom stereocenters. The number of phenolic OH excluding ortho intramolecular Hbond substituents is 1. The number of hydrogen-bond donors (Lipinski definition) is 5. The minimum atomic E-state index is -1.06. The lowest BCUT2D eigenvalue weighted by Gasteiger charge is -2.17. The Balaban J connectivity index is 0.000000186. The number of aromatic carboxylic acids is 2. The van der Waals surface area contributed by atoms with Gasteiger partial charge in [-0.2, -0.15) is 0 Å². The number of ether oxygens (including phenoxy) is 1. The number of carbonyl (C=O) groups excluding carboxylic acids is 1. The molecule has 130 valence electrons. The predicted molar refractivity (Wildman–Crippen MR) is 87.0 cm³/mol. The van der Waals surface area contributed by atoms with E-state index in [9.17, 15) is 14.4 Å². The molecule has 1 amide bonds. The van der Waals surface area contributed by atoms with Crippen molar-refractivity contribution in [1.29, 1.82) is 0 Å². The molecule has 0 unspecified atom stereocenters. The van der Waals surface area contributed by atoms with Crippen LogP contribution in [0.2, 0.25) is 0 Å². The number of benzene rings is 2. The van der Waals surface area contributed by atoms with E-state index in [1.165, 1.54) is 36.4 Å². The van der Waals surface area contributed by atoms with Crippen LogP contribution in [0.15, 0.2) is 36.4 Å². The quantitative estimate of drug-likeness (QED) is 0.403. The Morgan fingerprint density at radius 1 is 1.04 bits per heavy atom. The van der Waals surface area contributed by atoms with Crippen molar-refractivity contribution in [1.82, 2.24) is 0 Å². The van der Waals surface area contributed by atoms with E-state index >= 15 is 0 Å². The van der Waals surface area contributed by atoms with Crippen LogP contribution in [0.4, 0.5) is 11.4 Å². The molecule has 2 aromatic rings. The number of nitrogens with one attached hydrogen (secondary N) is 1. The summed E-state index contributed by atoms with van der Waals surface area (Å²) in [5, 5.41) is 28.6. The first kappa shape index (κ1) is 17.6. The first-order chi connectivity index (χ1) is 11.8. The lowest BCUT2D eigenvalue weighted by atomic mass is 10.1. The largest absolute Gasteiger partial charge is 0.506 e. The lowest BCUT2D eigenvalue weighted by molar-refractivity contribution is -0.118. The smallest absolute Gasteiger partial charge is 0.335 e. The zero-order chi connectivity index (χ0) is 18.6. The molecule has 0 saturated carbocycles. The minimum absolute atomic E-state index is 0.0284. The number of carboxylic acids is 2. The second-order valence-electron chi connectivity index (χ2n) is 4.93. The second kappa shape index (κ2) is 7.21. The number of nitrogen functional groups attached to an aromatic ring is 1. The summed E-state index contributed by atoms with van der Waals surface area (Å²) in [6.45, 7) is -0.0284. The monoisotopic (exact) mass is 346 g/mol. The van der Waals surface area contributed by atoms with Crippen molar-refractivity contribution < 1.29 is 34.4 Å². The molecule has 1 aliphatic heterocycles. The van der Waals surface area contributed by atoms with Gasteiger partial charge in [-0.15, -0.1) is 0 Å². The summed E-state index contributed by atoms with van der Waals surface area (Å²) in [6, 6.07) is 8.07. The van der Waals surface area contributed by atoms with E-state index in [-0.39, 0.29) is 35.1 Å². The molecule has 0 radical (unpaired) electrons. The molecule has 0 aromatic heterocycles. The van der Waals surface area contributed by atoms with Crippen molar-refractivity contribution in [3.8, 4) is 11.5 Å². The van der Waals surface area contributed by atoms with Crippen LogP contribution in [0, 0.1) is 0 Å². The van der Waals surface area contributed by atoms with E-state index in [4.69, 9.17) is 25.8 Å². The van der Waals surface area contributed by atoms with Gasteiger partial charge in [0.15, 0.2) is 6.61 Å². The number of phenols is 1. The van der Waals surface area contributed by atoms with Gasteiger partial charge in [0.05, 0.1) is 22.5 Å². The zero-order valence-corrected chi connectivity index (χ0v) is 12.7. The highest BCUT2D eigenvalue weighted by molar-refractivity contribution is 5.97. The molecular formula is C16H14N2O7. The number of aromatic hydroxyl groups is 1. The molecule has 9 nitrogen and oxygen atoms in total. The van der Waals surface area contributed by atoms with Crippen LogP contribution in [-0.2, 0) is 4.79 Å². The molecule has 0 saturated heterocycles. The zero-order valence-electron chi connectivity index (χ0n) is 12.7. The van der Waals surface area contributed by atoms with Gasteiger partial charge in [0.2, 0.25) is 0 Å². The van der Waals surface area contributed by atoms with Gasteiger partial charge in [-0.1, -0.05) is 0 Å². The average molecular weight is 346 g/mol. The first-order valence-electron chi connectivity index (χ1n) is 6.89. The highest BCUT2D eigenvalue weighted by atomic mass is 16.5. The van der Waals surface area contributed by atoms with E-state index in [0.717, 1.165) is 0 Å². The van der Waals surface area contributed by atoms with Crippen LogP contribution in [0.1, 0.15) is 20.7 Å². The van der Waals surface area contributed by atoms with Crippen LogP contribution in [0.5, 0.6) is 11.5 Å². The fourth-order valence-corrected chi connectivity index (χ4v) is 1.90. The van der Waals surface area contributed by atoms with Crippen LogP contribution < -0.4 is 15.8 Å². The molecule has 3 rings (SSSR count). The normalized spacial score (nSPS) is 11.9. The fraction of sp³-hybridized carbons (Fsp3) is 0.0625. The maximum Gasteiger partial charge on any atom is 0.335 e. The molecule has 6 N–H and O–H groups in total. The number of amides is 1. The van der Waals surface area contributed by atoms with Crippen molar-refractivity contribution in [2.24, 2.45) is 0 Å². The molecule has 0 bridgehead atoms. The Bertz CT molecular complexity index is 848. The van der Waals surface area contributed by atoms with Crippen LogP contribution in [-0.4, -0.2) is 39.8 Å². The third-order valence-corrected chi connectivity index (χ3v) is 3.13. The highest BCUT2D eigenvalue weighted by Crippen LogP contribution is 2.28. The van der Waals surface area contributed by atoms with E-state index in [1.54, 1.807) is 0 Å². The molecule has 1 heterocycles. The molecule has 25 heavy (non-hydrogen) atoms. The van der Waals surface area contributed by atoms with Crippen molar-refractivity contribution >= 4 is 29.2 Å². The third kappa shape index (κ3) is 4.38. The van der Waals surface area contributed by atoms with E-state index in [2.05, 4.69) is 5.32 Å². The lowest BCUT2D eigenvalue weighted by Crippen LogP contribution is -2.25. The minimum Gasteiger partial charge on any atom is -0.506 e. The second-order valence-corrected chi connectivity index (χ2v) is 4.93. The summed E-state index contributed by atoms with van der Waals surface area (Å²) in [6.07, 6.45) is 0. The number of fused-ring (bicyclic) bond motifs is 1. The molecule has 0 spiro atoms. The van der Waals surface area contributed by atoms with E-state index in [0.29, 0.717) is 11.4 Å². The van der Waals surface area contributed by atoms with Gasteiger partial charge < -0.3 is 31.1 Å². The maximum atomic E-state index is 10.9. The van der Waals surface area contributed by atoms with Crippen LogP contribution in [0.25, 0.3) is 0 Å². The Labute approximate surface area is 141 Å². The Hall–Kier alpha value is -3.75. The summed E-state index contributed by atoms with van der Waals surface area (Å²) >= 11 is 0. The summed E-state index contributed by atoms with van der Waals surface area (Å²) in [7, 11) is 0. The van der Waals surface area contributed by atoms with Gasteiger partial charge in [-0.25, -0.2) is 9.59 Å². The first-order valence-corrected chi connectivity index (χ1v) is 6.89. The summed E-state index contributed by atoms with van der Waals surface area (Å²) in [5.41, 5.74) is 5.91. The molecule has 2 aromatic carbocycles. The Morgan fingerprint density at radius 3 is 2.24 bits per heavy atom.